The van der Waals surface area contributed by atoms with Crippen LogP contribution in [0.5, 0.6) is 0 Å². The van der Waals surface area contributed by atoms with Gasteiger partial charge in [0, 0.05) is 11.1 Å². The normalized spacial score (nSPS) is 13.6. The summed E-state index contributed by atoms with van der Waals surface area (Å²) < 4.78 is 6.93. The molecule has 1 atom stereocenters. The summed E-state index contributed by atoms with van der Waals surface area (Å²) >= 11 is 3.58. The van der Waals surface area contributed by atoms with E-state index in [4.69, 9.17) is 10.5 Å². The zero-order chi connectivity index (χ0) is 13.6. The van der Waals surface area contributed by atoms with Crippen LogP contribution < -0.4 is 5.73 Å². The molecule has 0 heterocycles. The molecule has 0 amide bonds. The molecule has 1 rings (SSSR count). The van der Waals surface area contributed by atoms with E-state index in [1.54, 1.807) is 0 Å². The van der Waals surface area contributed by atoms with Gasteiger partial charge in [-0.25, -0.2) is 0 Å². The molecule has 0 spiro atoms. The van der Waals surface area contributed by atoms with Crippen molar-refractivity contribution in [1.29, 1.82) is 0 Å². The second kappa shape index (κ2) is 7.27. The van der Waals surface area contributed by atoms with Crippen LogP contribution in [0.15, 0.2) is 28.7 Å². The molecule has 0 radical (unpaired) electrons. The van der Waals surface area contributed by atoms with Gasteiger partial charge in [0.15, 0.2) is 0 Å². The fourth-order valence-corrected chi connectivity index (χ4v) is 2.26. The number of rotatable bonds is 6. The second-order valence-electron chi connectivity index (χ2n) is 5.65. The zero-order valence-electron chi connectivity index (χ0n) is 11.6. The van der Waals surface area contributed by atoms with E-state index in [2.05, 4.69) is 54.9 Å². The van der Waals surface area contributed by atoms with Gasteiger partial charge in [0.2, 0.25) is 0 Å². The van der Waals surface area contributed by atoms with Crippen molar-refractivity contribution in [1.82, 2.24) is 0 Å². The molecule has 2 N–H and O–H groups in total. The van der Waals surface area contributed by atoms with Crippen molar-refractivity contribution in [2.75, 3.05) is 13.2 Å². The van der Waals surface area contributed by atoms with Crippen LogP contribution in [-0.4, -0.2) is 18.8 Å². The van der Waals surface area contributed by atoms with Gasteiger partial charge in [0.25, 0.3) is 0 Å². The third-order valence-electron chi connectivity index (χ3n) is 2.86. The minimum absolute atomic E-state index is 0.0630. The molecule has 0 aliphatic carbocycles. The van der Waals surface area contributed by atoms with E-state index < -0.39 is 0 Å². The number of ether oxygens (including phenoxy) is 1. The van der Waals surface area contributed by atoms with Crippen LogP contribution in [0.2, 0.25) is 0 Å². The van der Waals surface area contributed by atoms with Crippen LogP contribution in [0.3, 0.4) is 0 Å². The summed E-state index contributed by atoms with van der Waals surface area (Å²) in [7, 11) is 0. The van der Waals surface area contributed by atoms with Gasteiger partial charge in [-0.05, 0) is 57.7 Å². The molecule has 1 unspecified atom stereocenters. The maximum atomic E-state index is 5.85. The first-order valence-corrected chi connectivity index (χ1v) is 7.29. The van der Waals surface area contributed by atoms with Gasteiger partial charge in [-0.3, -0.25) is 0 Å². The molecule has 3 heteroatoms. The molecule has 1 aromatic rings. The highest BCUT2D eigenvalue weighted by atomic mass is 79.9. The number of hydrogen-bond acceptors (Lipinski definition) is 2. The monoisotopic (exact) mass is 313 g/mol. The molecule has 1 aromatic carbocycles. The van der Waals surface area contributed by atoms with Crippen molar-refractivity contribution in [3.63, 3.8) is 0 Å². The van der Waals surface area contributed by atoms with Gasteiger partial charge in [-0.2, -0.15) is 0 Å². The van der Waals surface area contributed by atoms with Gasteiger partial charge < -0.3 is 10.5 Å². The SMILES string of the molecule is CC(C)(C)OCCC(CN)Cc1ccccc1Br. The van der Waals surface area contributed by atoms with Crippen molar-refractivity contribution in [3.8, 4) is 0 Å². The van der Waals surface area contributed by atoms with Crippen LogP contribution in [0.1, 0.15) is 32.8 Å². The lowest BCUT2D eigenvalue weighted by molar-refractivity contribution is -0.00887. The molecule has 0 aliphatic rings. The summed E-state index contributed by atoms with van der Waals surface area (Å²) in [5, 5.41) is 0. The molecular formula is C15H24BrNO. The Hall–Kier alpha value is -0.380. The Morgan fingerprint density at radius 3 is 2.50 bits per heavy atom. The third kappa shape index (κ3) is 5.98. The third-order valence-corrected chi connectivity index (χ3v) is 3.63. The van der Waals surface area contributed by atoms with Crippen molar-refractivity contribution in [2.45, 2.75) is 39.2 Å². The Bertz CT molecular complexity index is 360. The fourth-order valence-electron chi connectivity index (χ4n) is 1.81. The molecule has 18 heavy (non-hydrogen) atoms. The van der Waals surface area contributed by atoms with E-state index in [0.717, 1.165) is 19.4 Å². The van der Waals surface area contributed by atoms with Gasteiger partial charge in [-0.1, -0.05) is 34.1 Å². The largest absolute Gasteiger partial charge is 0.376 e. The highest BCUT2D eigenvalue weighted by Gasteiger charge is 2.13. The topological polar surface area (TPSA) is 35.2 Å². The highest BCUT2D eigenvalue weighted by Crippen LogP contribution is 2.21. The van der Waals surface area contributed by atoms with E-state index in [1.807, 2.05) is 6.07 Å². The molecule has 0 saturated heterocycles. The molecule has 0 aromatic heterocycles. The van der Waals surface area contributed by atoms with Crippen molar-refractivity contribution >= 4 is 15.9 Å². The van der Waals surface area contributed by atoms with Crippen LogP contribution in [0.25, 0.3) is 0 Å². The van der Waals surface area contributed by atoms with Gasteiger partial charge in [0.05, 0.1) is 5.60 Å². The van der Waals surface area contributed by atoms with Crippen molar-refractivity contribution in [3.05, 3.63) is 34.3 Å². The quantitative estimate of drug-likeness (QED) is 0.867. The lowest BCUT2D eigenvalue weighted by atomic mass is 9.96. The summed E-state index contributed by atoms with van der Waals surface area (Å²) in [5.41, 5.74) is 7.11. The average Bonchev–Trinajstić information content (AvgIpc) is 2.29. The summed E-state index contributed by atoms with van der Waals surface area (Å²) in [6.45, 7) is 7.72. The van der Waals surface area contributed by atoms with Crippen LogP contribution >= 0.6 is 15.9 Å². The van der Waals surface area contributed by atoms with Gasteiger partial charge in [-0.15, -0.1) is 0 Å². The van der Waals surface area contributed by atoms with E-state index in [1.165, 1.54) is 10.0 Å². The van der Waals surface area contributed by atoms with E-state index >= 15 is 0 Å². The predicted molar refractivity (Wildman–Crippen MR) is 80.7 cm³/mol. The minimum atomic E-state index is -0.0630. The first-order valence-electron chi connectivity index (χ1n) is 6.50. The Morgan fingerprint density at radius 2 is 1.94 bits per heavy atom. The van der Waals surface area contributed by atoms with Gasteiger partial charge >= 0.3 is 0 Å². The Morgan fingerprint density at radius 1 is 1.28 bits per heavy atom. The van der Waals surface area contributed by atoms with E-state index in [0.29, 0.717) is 12.5 Å². The smallest absolute Gasteiger partial charge is 0.0598 e. The summed E-state index contributed by atoms with van der Waals surface area (Å²) in [6, 6.07) is 8.33. The average molecular weight is 314 g/mol. The zero-order valence-corrected chi connectivity index (χ0v) is 13.2. The van der Waals surface area contributed by atoms with E-state index in [9.17, 15) is 0 Å². The number of hydrogen-bond donors (Lipinski definition) is 1. The molecule has 0 aliphatic heterocycles. The molecule has 102 valence electrons. The molecule has 0 fully saturated rings. The Labute approximate surface area is 119 Å². The first-order chi connectivity index (χ1) is 8.42. The molecule has 0 saturated carbocycles. The maximum absolute atomic E-state index is 5.85. The van der Waals surface area contributed by atoms with Crippen LogP contribution in [0, 0.1) is 5.92 Å². The second-order valence-corrected chi connectivity index (χ2v) is 6.50. The lowest BCUT2D eigenvalue weighted by Gasteiger charge is -2.22. The first kappa shape index (κ1) is 15.7. The summed E-state index contributed by atoms with van der Waals surface area (Å²) in [5.74, 6) is 0.478. The Kier molecular flexibility index (Phi) is 6.33. The maximum Gasteiger partial charge on any atom is 0.0598 e. The molecule has 2 nitrogen and oxygen atoms in total. The van der Waals surface area contributed by atoms with Crippen molar-refractivity contribution in [2.24, 2.45) is 11.7 Å². The Balaban J connectivity index is 2.45. The summed E-state index contributed by atoms with van der Waals surface area (Å²) in [6.07, 6.45) is 2.01. The minimum Gasteiger partial charge on any atom is -0.376 e. The number of benzene rings is 1. The number of nitrogens with two attached hydrogens (primary N) is 1. The van der Waals surface area contributed by atoms with E-state index in [-0.39, 0.29) is 5.60 Å². The van der Waals surface area contributed by atoms with Crippen LogP contribution in [0.4, 0.5) is 0 Å². The lowest BCUT2D eigenvalue weighted by Crippen LogP contribution is -2.24. The van der Waals surface area contributed by atoms with Gasteiger partial charge in [0.1, 0.15) is 0 Å². The highest BCUT2D eigenvalue weighted by molar-refractivity contribution is 9.10. The summed E-state index contributed by atoms with van der Waals surface area (Å²) in [4.78, 5) is 0. The fraction of sp³-hybridized carbons (Fsp3) is 0.600. The number of halogens is 1. The van der Waals surface area contributed by atoms with Crippen LogP contribution in [-0.2, 0) is 11.2 Å². The van der Waals surface area contributed by atoms with Crippen molar-refractivity contribution < 1.29 is 4.74 Å². The molecular weight excluding hydrogens is 290 g/mol. The predicted octanol–water partition coefficient (Wildman–Crippen LogP) is 3.77. The molecule has 0 bridgehead atoms. The standard InChI is InChI=1S/C15H24BrNO/c1-15(2,3)18-9-8-12(11-17)10-13-6-4-5-7-14(13)16/h4-7,12H,8-11,17H2,1-3H3.